The summed E-state index contributed by atoms with van der Waals surface area (Å²) in [5.74, 6) is -2.13. The smallest absolute Gasteiger partial charge is 0.408 e. The highest BCUT2D eigenvalue weighted by Crippen LogP contribution is 2.09. The second-order valence-electron chi connectivity index (χ2n) is 7.18. The fourth-order valence-corrected chi connectivity index (χ4v) is 2.12. The van der Waals surface area contributed by atoms with Crippen molar-refractivity contribution in [3.05, 3.63) is 35.4 Å². The number of ether oxygens (including phenoxy) is 1. The molecule has 0 spiro atoms. The van der Waals surface area contributed by atoms with Crippen LogP contribution >= 0.6 is 0 Å². The normalized spacial score (nSPS) is 11.7. The molecule has 30 heavy (non-hydrogen) atoms. The van der Waals surface area contributed by atoms with Crippen molar-refractivity contribution in [2.75, 3.05) is 6.54 Å². The highest BCUT2D eigenvalue weighted by molar-refractivity contribution is 5.88. The highest BCUT2D eigenvalue weighted by Gasteiger charge is 2.25. The predicted molar refractivity (Wildman–Crippen MR) is 112 cm³/mol. The number of hydrogen-bond donors (Lipinski definition) is 4. The van der Waals surface area contributed by atoms with E-state index in [4.69, 9.17) is 9.84 Å². The van der Waals surface area contributed by atoms with Crippen LogP contribution in [0.2, 0.25) is 0 Å². The number of rotatable bonds is 8. The van der Waals surface area contributed by atoms with Gasteiger partial charge in [-0.05, 0) is 31.9 Å². The summed E-state index contributed by atoms with van der Waals surface area (Å²) in [5, 5.41) is 17.2. The number of carboxylic acid groups (broad SMARTS) is 1. The van der Waals surface area contributed by atoms with Crippen LogP contribution in [0.15, 0.2) is 29.4 Å². The van der Waals surface area contributed by atoms with Crippen LogP contribution in [0, 0.1) is 0 Å². The Labute approximate surface area is 176 Å². The van der Waals surface area contributed by atoms with Gasteiger partial charge in [0.2, 0.25) is 11.8 Å². The van der Waals surface area contributed by atoms with Gasteiger partial charge < -0.3 is 20.5 Å². The molecular weight excluding hydrogens is 392 g/mol. The number of nitrogens with one attached hydrogen (secondary N) is 3. The van der Waals surface area contributed by atoms with Gasteiger partial charge in [-0.25, -0.2) is 10.2 Å². The molecule has 166 valence electrons. The second kappa shape index (κ2) is 12.2. The minimum atomic E-state index is -1.20. The molecule has 1 aromatic carbocycles. The quantitative estimate of drug-likeness (QED) is 0.368. The van der Waals surface area contributed by atoms with Crippen LogP contribution in [0.4, 0.5) is 4.79 Å². The third kappa shape index (κ3) is 11.4. The van der Waals surface area contributed by atoms with E-state index in [1.54, 1.807) is 45.0 Å². The van der Waals surface area contributed by atoms with Crippen molar-refractivity contribution in [1.29, 1.82) is 0 Å². The summed E-state index contributed by atoms with van der Waals surface area (Å²) < 4.78 is 5.17. The fourth-order valence-electron chi connectivity index (χ4n) is 2.12. The number of amides is 3. The number of hydrogen-bond acceptors (Lipinski definition) is 6. The van der Waals surface area contributed by atoms with Crippen LogP contribution in [-0.4, -0.2) is 53.4 Å². The standard InChI is InChI=1S/C19H26N4O6.CH4/c1-12(24)23-21-10-14-7-5-13(6-8-14)9-15(17(27)20-11-16(25)26)22-18(28)29-19(2,3)4;/h5-8,10,15H,9,11H2,1-4H3,(H,20,27)(H,22,28)(H,23,24)(H,25,26);1H4/b21-10+;. The molecule has 10 heteroatoms. The minimum Gasteiger partial charge on any atom is -0.480 e. The van der Waals surface area contributed by atoms with E-state index >= 15 is 0 Å². The zero-order chi connectivity index (χ0) is 22.0. The van der Waals surface area contributed by atoms with Gasteiger partial charge in [-0.15, -0.1) is 0 Å². The number of benzene rings is 1. The molecule has 4 N–H and O–H groups in total. The van der Waals surface area contributed by atoms with Crippen molar-refractivity contribution in [1.82, 2.24) is 16.1 Å². The van der Waals surface area contributed by atoms with Crippen molar-refractivity contribution < 1.29 is 29.0 Å². The maximum absolute atomic E-state index is 12.3. The monoisotopic (exact) mass is 422 g/mol. The Hall–Kier alpha value is -3.43. The summed E-state index contributed by atoms with van der Waals surface area (Å²) in [5.41, 5.74) is 2.97. The van der Waals surface area contributed by atoms with Crippen molar-refractivity contribution in [3.63, 3.8) is 0 Å². The van der Waals surface area contributed by atoms with E-state index < -0.39 is 36.2 Å². The summed E-state index contributed by atoms with van der Waals surface area (Å²) in [4.78, 5) is 45.9. The number of hydrazone groups is 1. The molecule has 0 aliphatic heterocycles. The summed E-state index contributed by atoms with van der Waals surface area (Å²) in [6, 6.07) is 5.87. The van der Waals surface area contributed by atoms with Gasteiger partial charge in [0.1, 0.15) is 18.2 Å². The molecule has 1 unspecified atom stereocenters. The third-order valence-corrected chi connectivity index (χ3v) is 3.28. The molecule has 0 heterocycles. The van der Waals surface area contributed by atoms with Gasteiger partial charge in [-0.1, -0.05) is 31.7 Å². The molecule has 0 radical (unpaired) electrons. The lowest BCUT2D eigenvalue weighted by Gasteiger charge is -2.23. The summed E-state index contributed by atoms with van der Waals surface area (Å²) >= 11 is 0. The Morgan fingerprint density at radius 1 is 1.17 bits per heavy atom. The Morgan fingerprint density at radius 3 is 2.27 bits per heavy atom. The van der Waals surface area contributed by atoms with Crippen molar-refractivity contribution in [2.45, 2.75) is 53.2 Å². The first-order valence-corrected chi connectivity index (χ1v) is 8.84. The molecule has 0 aromatic heterocycles. The zero-order valence-corrected chi connectivity index (χ0v) is 16.8. The highest BCUT2D eigenvalue weighted by atomic mass is 16.6. The molecule has 1 rings (SSSR count). The lowest BCUT2D eigenvalue weighted by Crippen LogP contribution is -2.50. The lowest BCUT2D eigenvalue weighted by molar-refractivity contribution is -0.138. The summed E-state index contributed by atoms with van der Waals surface area (Å²) in [7, 11) is 0. The molecule has 1 aromatic rings. The van der Waals surface area contributed by atoms with Gasteiger partial charge >= 0.3 is 12.1 Å². The van der Waals surface area contributed by atoms with Gasteiger partial charge in [0, 0.05) is 13.3 Å². The Kier molecular flexibility index (Phi) is 10.8. The van der Waals surface area contributed by atoms with Crippen LogP contribution in [0.1, 0.15) is 46.2 Å². The van der Waals surface area contributed by atoms with E-state index in [0.717, 1.165) is 5.56 Å². The number of carbonyl (C=O) groups excluding carboxylic acids is 3. The van der Waals surface area contributed by atoms with Gasteiger partial charge in [-0.2, -0.15) is 5.10 Å². The van der Waals surface area contributed by atoms with Crippen LogP contribution < -0.4 is 16.1 Å². The van der Waals surface area contributed by atoms with E-state index in [9.17, 15) is 19.2 Å². The number of carbonyl (C=O) groups is 4. The molecule has 0 saturated carbocycles. The fraction of sp³-hybridized carbons (Fsp3) is 0.450. The van der Waals surface area contributed by atoms with E-state index in [1.807, 2.05) is 0 Å². The maximum Gasteiger partial charge on any atom is 0.408 e. The Balaban J connectivity index is 0.00000841. The van der Waals surface area contributed by atoms with Crippen LogP contribution in [0.5, 0.6) is 0 Å². The molecule has 0 bridgehead atoms. The Bertz CT molecular complexity index is 768. The topological polar surface area (TPSA) is 146 Å². The molecule has 3 amide bonds. The van der Waals surface area contributed by atoms with Crippen molar-refractivity contribution in [2.24, 2.45) is 5.10 Å². The van der Waals surface area contributed by atoms with E-state index in [-0.39, 0.29) is 19.8 Å². The Morgan fingerprint density at radius 2 is 1.77 bits per heavy atom. The first-order valence-electron chi connectivity index (χ1n) is 8.84. The van der Waals surface area contributed by atoms with Gasteiger partial charge in [-0.3, -0.25) is 14.4 Å². The molecule has 0 aliphatic carbocycles. The molecule has 0 fully saturated rings. The number of alkyl carbamates (subject to hydrolysis) is 1. The molecule has 0 saturated heterocycles. The zero-order valence-electron chi connectivity index (χ0n) is 16.8. The second-order valence-corrected chi connectivity index (χ2v) is 7.18. The van der Waals surface area contributed by atoms with Gasteiger partial charge in [0.25, 0.3) is 0 Å². The molecular formula is C20H30N4O6. The molecule has 1 atom stereocenters. The minimum absolute atomic E-state index is 0. The largest absolute Gasteiger partial charge is 0.480 e. The van der Waals surface area contributed by atoms with E-state index in [2.05, 4.69) is 21.2 Å². The molecule has 10 nitrogen and oxygen atoms in total. The maximum atomic E-state index is 12.3. The molecule has 0 aliphatic rings. The summed E-state index contributed by atoms with van der Waals surface area (Å²) in [6.07, 6.45) is 0.793. The van der Waals surface area contributed by atoms with Crippen LogP contribution in [-0.2, 0) is 25.5 Å². The predicted octanol–water partition coefficient (Wildman–Crippen LogP) is 1.43. The van der Waals surface area contributed by atoms with Gasteiger partial charge in [0.05, 0.1) is 6.21 Å². The van der Waals surface area contributed by atoms with Gasteiger partial charge in [0.15, 0.2) is 0 Å². The van der Waals surface area contributed by atoms with Crippen LogP contribution in [0.25, 0.3) is 0 Å². The number of aliphatic carboxylic acids is 1. The first kappa shape index (κ1) is 26.6. The van der Waals surface area contributed by atoms with Crippen molar-refractivity contribution >= 4 is 30.1 Å². The van der Waals surface area contributed by atoms with E-state index in [0.29, 0.717) is 5.56 Å². The first-order chi connectivity index (χ1) is 13.5. The van der Waals surface area contributed by atoms with E-state index in [1.165, 1.54) is 13.1 Å². The average molecular weight is 422 g/mol. The van der Waals surface area contributed by atoms with Crippen LogP contribution in [0.3, 0.4) is 0 Å². The summed E-state index contributed by atoms with van der Waals surface area (Å²) in [6.45, 7) is 5.84. The number of carboxylic acids is 1. The number of nitrogens with zero attached hydrogens (tertiary/aromatic N) is 1. The lowest BCUT2D eigenvalue weighted by atomic mass is 10.0. The third-order valence-electron chi connectivity index (χ3n) is 3.28. The average Bonchev–Trinajstić information content (AvgIpc) is 2.58. The van der Waals surface area contributed by atoms with Crippen molar-refractivity contribution in [3.8, 4) is 0 Å². The SMILES string of the molecule is C.CC(=O)N/N=C/c1ccc(CC(NC(=O)OC(C)(C)C)C(=O)NCC(=O)O)cc1.